The maximum atomic E-state index is 12.3. The molecule has 0 radical (unpaired) electrons. The highest BCUT2D eigenvalue weighted by Gasteiger charge is 2.14. The Morgan fingerprint density at radius 3 is 2.46 bits per heavy atom. The largest absolute Gasteiger partial charge is 0.350 e. The molecule has 24 heavy (non-hydrogen) atoms. The van der Waals surface area contributed by atoms with Crippen molar-refractivity contribution in [1.82, 2.24) is 15.3 Å². The lowest BCUT2D eigenvalue weighted by Gasteiger charge is -2.16. The lowest BCUT2D eigenvalue weighted by molar-refractivity contribution is -0.121. The molecule has 2 rings (SSSR count). The van der Waals surface area contributed by atoms with Crippen molar-refractivity contribution in [3.05, 3.63) is 51.3 Å². The van der Waals surface area contributed by atoms with Gasteiger partial charge in [-0.15, -0.1) is 0 Å². The van der Waals surface area contributed by atoms with Gasteiger partial charge in [0.15, 0.2) is 5.16 Å². The Hall–Kier alpha value is -1.40. The summed E-state index contributed by atoms with van der Waals surface area (Å²) in [6, 6.07) is 7.89. The SMILES string of the molecule is CSc1nc(C)c(CCC(=O)NC(C)c2ccccc2Br)c(C)n1. The maximum absolute atomic E-state index is 12.3. The second-order valence-electron chi connectivity index (χ2n) is 5.67. The molecule has 0 spiro atoms. The molecule has 1 aromatic carbocycles. The van der Waals surface area contributed by atoms with Crippen molar-refractivity contribution < 1.29 is 4.79 Å². The van der Waals surface area contributed by atoms with Crippen LogP contribution >= 0.6 is 27.7 Å². The first-order chi connectivity index (χ1) is 11.4. The monoisotopic (exact) mass is 407 g/mol. The van der Waals surface area contributed by atoms with Crippen molar-refractivity contribution >= 4 is 33.6 Å². The van der Waals surface area contributed by atoms with Crippen LogP contribution in [0.5, 0.6) is 0 Å². The number of nitrogens with zero attached hydrogens (tertiary/aromatic N) is 2. The Balaban J connectivity index is 1.98. The molecule has 0 fully saturated rings. The Kier molecular flexibility index (Phi) is 6.80. The summed E-state index contributed by atoms with van der Waals surface area (Å²) < 4.78 is 1.01. The highest BCUT2D eigenvalue weighted by molar-refractivity contribution is 9.10. The number of aryl methyl sites for hydroxylation is 2. The normalized spacial score (nSPS) is 12.0. The Morgan fingerprint density at radius 1 is 1.25 bits per heavy atom. The van der Waals surface area contributed by atoms with E-state index in [2.05, 4.69) is 31.2 Å². The third kappa shape index (κ3) is 4.80. The zero-order chi connectivity index (χ0) is 17.7. The molecule has 1 unspecified atom stereocenters. The van der Waals surface area contributed by atoms with Crippen LogP contribution in [-0.4, -0.2) is 22.1 Å². The quantitative estimate of drug-likeness (QED) is 0.569. The number of carbonyl (C=O) groups excluding carboxylic acids is 1. The summed E-state index contributed by atoms with van der Waals surface area (Å²) in [6.07, 6.45) is 3.05. The highest BCUT2D eigenvalue weighted by atomic mass is 79.9. The van der Waals surface area contributed by atoms with Crippen LogP contribution in [0.15, 0.2) is 33.9 Å². The minimum absolute atomic E-state index is 0.0333. The molecule has 0 aliphatic rings. The average molecular weight is 408 g/mol. The summed E-state index contributed by atoms with van der Waals surface area (Å²) in [4.78, 5) is 21.2. The fourth-order valence-electron chi connectivity index (χ4n) is 2.62. The molecular weight excluding hydrogens is 386 g/mol. The maximum Gasteiger partial charge on any atom is 0.220 e. The number of benzene rings is 1. The zero-order valence-corrected chi connectivity index (χ0v) is 16.8. The molecule has 128 valence electrons. The fourth-order valence-corrected chi connectivity index (χ4v) is 3.70. The number of thioether (sulfide) groups is 1. The Bertz CT molecular complexity index is 713. The number of hydrogen-bond acceptors (Lipinski definition) is 4. The van der Waals surface area contributed by atoms with Crippen molar-refractivity contribution in [1.29, 1.82) is 0 Å². The molecule has 1 heterocycles. The van der Waals surface area contributed by atoms with E-state index in [-0.39, 0.29) is 11.9 Å². The van der Waals surface area contributed by atoms with Crippen molar-refractivity contribution in [3.63, 3.8) is 0 Å². The van der Waals surface area contributed by atoms with Gasteiger partial charge in [0.1, 0.15) is 0 Å². The van der Waals surface area contributed by atoms with Crippen LogP contribution in [0.4, 0.5) is 0 Å². The number of rotatable bonds is 6. The second-order valence-corrected chi connectivity index (χ2v) is 7.30. The van der Waals surface area contributed by atoms with E-state index < -0.39 is 0 Å². The van der Waals surface area contributed by atoms with Crippen LogP contribution in [0, 0.1) is 13.8 Å². The Labute approximate surface area is 156 Å². The van der Waals surface area contributed by atoms with Crippen LogP contribution in [-0.2, 0) is 11.2 Å². The van der Waals surface area contributed by atoms with Gasteiger partial charge in [0.2, 0.25) is 5.91 Å². The van der Waals surface area contributed by atoms with Gasteiger partial charge < -0.3 is 5.32 Å². The molecule has 1 N–H and O–H groups in total. The van der Waals surface area contributed by atoms with E-state index in [1.165, 1.54) is 11.8 Å². The van der Waals surface area contributed by atoms with Crippen LogP contribution in [0.1, 0.15) is 41.9 Å². The van der Waals surface area contributed by atoms with Gasteiger partial charge in [-0.3, -0.25) is 4.79 Å². The molecule has 2 aromatic rings. The van der Waals surface area contributed by atoms with E-state index in [1.54, 1.807) is 0 Å². The molecular formula is C18H22BrN3OS. The first-order valence-corrected chi connectivity index (χ1v) is 9.86. The van der Waals surface area contributed by atoms with Gasteiger partial charge in [-0.25, -0.2) is 9.97 Å². The molecule has 0 bridgehead atoms. The summed E-state index contributed by atoms with van der Waals surface area (Å²) in [5.41, 5.74) is 4.05. The van der Waals surface area contributed by atoms with Gasteiger partial charge in [0.05, 0.1) is 6.04 Å². The van der Waals surface area contributed by atoms with Gasteiger partial charge in [-0.1, -0.05) is 45.9 Å². The lowest BCUT2D eigenvalue weighted by Crippen LogP contribution is -2.27. The van der Waals surface area contributed by atoms with E-state index in [9.17, 15) is 4.79 Å². The summed E-state index contributed by atoms with van der Waals surface area (Å²) in [6.45, 7) is 5.95. The summed E-state index contributed by atoms with van der Waals surface area (Å²) >= 11 is 5.06. The average Bonchev–Trinajstić information content (AvgIpc) is 2.54. The van der Waals surface area contributed by atoms with Gasteiger partial charge in [0.25, 0.3) is 0 Å². The third-order valence-electron chi connectivity index (χ3n) is 3.93. The van der Waals surface area contributed by atoms with Crippen LogP contribution < -0.4 is 5.32 Å². The number of hydrogen-bond donors (Lipinski definition) is 1. The minimum Gasteiger partial charge on any atom is -0.350 e. The second kappa shape index (κ2) is 8.62. The summed E-state index contributed by atoms with van der Waals surface area (Å²) in [5, 5.41) is 3.83. The molecule has 1 aromatic heterocycles. The standard InChI is InChI=1S/C18H22BrN3OS/c1-11-14(12(2)22-18(21-11)24-4)9-10-17(23)20-13(3)15-7-5-6-8-16(15)19/h5-8,13H,9-10H2,1-4H3,(H,20,23). The van der Waals surface area contributed by atoms with Crippen molar-refractivity contribution in [3.8, 4) is 0 Å². The molecule has 1 atom stereocenters. The minimum atomic E-state index is -0.0367. The van der Waals surface area contributed by atoms with Crippen molar-refractivity contribution in [2.75, 3.05) is 6.26 Å². The first kappa shape index (κ1) is 18.9. The smallest absolute Gasteiger partial charge is 0.220 e. The predicted molar refractivity (Wildman–Crippen MR) is 102 cm³/mol. The van der Waals surface area contributed by atoms with E-state index in [0.717, 1.165) is 32.1 Å². The summed E-state index contributed by atoms with van der Waals surface area (Å²) in [7, 11) is 0. The number of aromatic nitrogens is 2. The van der Waals surface area contributed by atoms with Crippen molar-refractivity contribution in [2.24, 2.45) is 0 Å². The number of nitrogens with one attached hydrogen (secondary N) is 1. The van der Waals surface area contributed by atoms with Crippen LogP contribution in [0.25, 0.3) is 0 Å². The predicted octanol–water partition coefficient (Wildman–Crippen LogP) is 4.39. The number of amides is 1. The van der Waals surface area contributed by atoms with Gasteiger partial charge >= 0.3 is 0 Å². The zero-order valence-electron chi connectivity index (χ0n) is 14.4. The summed E-state index contributed by atoms with van der Waals surface area (Å²) in [5.74, 6) is 0.0333. The lowest BCUT2D eigenvalue weighted by atomic mass is 10.1. The molecule has 6 heteroatoms. The van der Waals surface area contributed by atoms with Gasteiger partial charge in [-0.2, -0.15) is 0 Å². The van der Waals surface area contributed by atoms with Gasteiger partial charge in [-0.05, 0) is 50.6 Å². The molecule has 4 nitrogen and oxygen atoms in total. The third-order valence-corrected chi connectivity index (χ3v) is 5.20. The van der Waals surface area contributed by atoms with Crippen LogP contribution in [0.3, 0.4) is 0 Å². The molecule has 1 amide bonds. The number of halogens is 1. The Morgan fingerprint density at radius 2 is 1.88 bits per heavy atom. The fraction of sp³-hybridized carbons (Fsp3) is 0.389. The molecule has 0 saturated heterocycles. The first-order valence-electron chi connectivity index (χ1n) is 7.84. The van der Waals surface area contributed by atoms with E-state index in [4.69, 9.17) is 0 Å². The molecule has 0 aliphatic carbocycles. The number of carbonyl (C=O) groups is 1. The van der Waals surface area contributed by atoms with Crippen LogP contribution in [0.2, 0.25) is 0 Å². The highest BCUT2D eigenvalue weighted by Crippen LogP contribution is 2.23. The van der Waals surface area contributed by atoms with Crippen molar-refractivity contribution in [2.45, 2.75) is 44.8 Å². The molecule has 0 saturated carbocycles. The topological polar surface area (TPSA) is 54.9 Å². The van der Waals surface area contributed by atoms with E-state index >= 15 is 0 Å². The van der Waals surface area contributed by atoms with E-state index in [1.807, 2.05) is 51.3 Å². The molecule has 0 aliphatic heterocycles. The van der Waals surface area contributed by atoms with Gasteiger partial charge in [0, 0.05) is 22.3 Å². The van der Waals surface area contributed by atoms with E-state index in [0.29, 0.717) is 12.8 Å².